The van der Waals surface area contributed by atoms with Gasteiger partial charge in [-0.2, -0.15) is 0 Å². The smallest absolute Gasteiger partial charge is 0.00952 e. The van der Waals surface area contributed by atoms with Gasteiger partial charge < -0.3 is 4.90 Å². The van der Waals surface area contributed by atoms with Crippen LogP contribution in [0.2, 0.25) is 0 Å². The van der Waals surface area contributed by atoms with Crippen molar-refractivity contribution >= 4 is 12.4 Å². The van der Waals surface area contributed by atoms with Gasteiger partial charge in [-0.15, -0.1) is 19.0 Å². The summed E-state index contributed by atoms with van der Waals surface area (Å²) in [7, 11) is 4.16. The average Bonchev–Trinajstić information content (AvgIpc) is 1.67. The quantitative estimate of drug-likeness (QED) is 0.555. The molecule has 0 bridgehead atoms. The van der Waals surface area contributed by atoms with E-state index < -0.39 is 0 Å². The Morgan fingerprint density at radius 1 is 1.56 bits per heavy atom. The second kappa shape index (κ2) is 6.12. The minimum atomic E-state index is 0. The molecule has 0 spiro atoms. The fourth-order valence-corrected chi connectivity index (χ4v) is 0.452. The molecular formula is C7H16ClN. The predicted octanol–water partition coefficient (Wildman–Crippen LogP) is 1.93. The molecule has 1 unspecified atom stereocenters. The Hall–Kier alpha value is -0.0100. The summed E-state index contributed by atoms with van der Waals surface area (Å²) in [5, 5.41) is 0. The van der Waals surface area contributed by atoms with Crippen LogP contribution in [0.4, 0.5) is 0 Å². The summed E-state index contributed by atoms with van der Waals surface area (Å²) in [4.78, 5) is 2.18. The largest absolute Gasteiger partial charge is 0.306 e. The molecule has 0 amide bonds. The summed E-state index contributed by atoms with van der Waals surface area (Å²) in [6, 6.07) is 0.632. The number of rotatable bonds is 3. The van der Waals surface area contributed by atoms with E-state index in [-0.39, 0.29) is 12.4 Å². The molecule has 56 valence electrons. The van der Waals surface area contributed by atoms with Crippen molar-refractivity contribution < 1.29 is 0 Å². The van der Waals surface area contributed by atoms with Crippen LogP contribution in [0.15, 0.2) is 12.7 Å². The van der Waals surface area contributed by atoms with Gasteiger partial charge in [0.05, 0.1) is 0 Å². The highest BCUT2D eigenvalue weighted by Gasteiger charge is 1.98. The summed E-state index contributed by atoms with van der Waals surface area (Å²) in [5.41, 5.74) is 0. The maximum atomic E-state index is 3.66. The summed E-state index contributed by atoms with van der Waals surface area (Å²) in [6.45, 7) is 5.84. The standard InChI is InChI=1S/C7H15N.ClH/c1-5-6-7(2)8(3)4;/h5,7H,1,6H2,2-4H3;1H. The van der Waals surface area contributed by atoms with Crippen molar-refractivity contribution in [2.75, 3.05) is 14.1 Å². The van der Waals surface area contributed by atoms with Gasteiger partial charge in [-0.3, -0.25) is 0 Å². The lowest BCUT2D eigenvalue weighted by Crippen LogP contribution is -2.23. The summed E-state index contributed by atoms with van der Waals surface area (Å²) in [5.74, 6) is 0. The van der Waals surface area contributed by atoms with Crippen LogP contribution in [0, 0.1) is 0 Å². The van der Waals surface area contributed by atoms with Gasteiger partial charge >= 0.3 is 0 Å². The van der Waals surface area contributed by atoms with Crippen molar-refractivity contribution in [1.29, 1.82) is 0 Å². The van der Waals surface area contributed by atoms with E-state index in [1.54, 1.807) is 0 Å². The molecule has 0 aromatic rings. The molecule has 1 atom stereocenters. The van der Waals surface area contributed by atoms with Gasteiger partial charge in [0.1, 0.15) is 0 Å². The molecule has 0 aliphatic rings. The molecule has 2 heteroatoms. The third-order valence-electron chi connectivity index (χ3n) is 1.39. The zero-order valence-electron chi connectivity index (χ0n) is 6.42. The van der Waals surface area contributed by atoms with Crippen LogP contribution in [-0.4, -0.2) is 25.0 Å². The van der Waals surface area contributed by atoms with Crippen LogP contribution < -0.4 is 0 Å². The lowest BCUT2D eigenvalue weighted by molar-refractivity contribution is 0.316. The Morgan fingerprint density at radius 3 is 2.11 bits per heavy atom. The summed E-state index contributed by atoms with van der Waals surface area (Å²) >= 11 is 0. The van der Waals surface area contributed by atoms with E-state index in [1.807, 2.05) is 6.08 Å². The Labute approximate surface area is 64.2 Å². The van der Waals surface area contributed by atoms with Gasteiger partial charge in [0.15, 0.2) is 0 Å². The zero-order chi connectivity index (χ0) is 6.57. The maximum absolute atomic E-state index is 3.66. The van der Waals surface area contributed by atoms with Crippen LogP contribution in [0.3, 0.4) is 0 Å². The van der Waals surface area contributed by atoms with E-state index in [9.17, 15) is 0 Å². The lowest BCUT2D eigenvalue weighted by atomic mass is 10.2. The van der Waals surface area contributed by atoms with Gasteiger partial charge in [0, 0.05) is 6.04 Å². The first kappa shape index (κ1) is 11.7. The molecule has 0 fully saturated rings. The highest BCUT2D eigenvalue weighted by molar-refractivity contribution is 5.85. The van der Waals surface area contributed by atoms with E-state index in [0.29, 0.717) is 6.04 Å². The number of hydrogen-bond donors (Lipinski definition) is 0. The monoisotopic (exact) mass is 149 g/mol. The molecule has 9 heavy (non-hydrogen) atoms. The topological polar surface area (TPSA) is 3.24 Å². The van der Waals surface area contributed by atoms with Gasteiger partial charge in [-0.25, -0.2) is 0 Å². The fourth-order valence-electron chi connectivity index (χ4n) is 0.452. The van der Waals surface area contributed by atoms with E-state index in [4.69, 9.17) is 0 Å². The van der Waals surface area contributed by atoms with Crippen LogP contribution in [0.5, 0.6) is 0 Å². The van der Waals surface area contributed by atoms with E-state index >= 15 is 0 Å². The highest BCUT2D eigenvalue weighted by atomic mass is 35.5. The van der Waals surface area contributed by atoms with Gasteiger partial charge in [-0.05, 0) is 27.4 Å². The van der Waals surface area contributed by atoms with Crippen molar-refractivity contribution in [1.82, 2.24) is 4.90 Å². The Bertz CT molecular complexity index is 71.3. The van der Waals surface area contributed by atoms with Crippen molar-refractivity contribution in [3.8, 4) is 0 Å². The first-order valence-electron chi connectivity index (χ1n) is 2.95. The fraction of sp³-hybridized carbons (Fsp3) is 0.714. The lowest BCUT2D eigenvalue weighted by Gasteiger charge is -2.16. The summed E-state index contributed by atoms with van der Waals surface area (Å²) in [6.07, 6.45) is 3.03. The number of halogens is 1. The van der Waals surface area contributed by atoms with E-state index in [1.165, 1.54) is 0 Å². The molecular weight excluding hydrogens is 134 g/mol. The molecule has 1 nitrogen and oxygen atoms in total. The summed E-state index contributed by atoms with van der Waals surface area (Å²) < 4.78 is 0. The maximum Gasteiger partial charge on any atom is 0.00952 e. The molecule has 0 radical (unpaired) electrons. The van der Waals surface area contributed by atoms with Gasteiger partial charge in [0.2, 0.25) is 0 Å². The number of nitrogens with zero attached hydrogens (tertiary/aromatic N) is 1. The second-order valence-electron chi connectivity index (χ2n) is 2.34. The minimum Gasteiger partial charge on any atom is -0.306 e. The van der Waals surface area contributed by atoms with Gasteiger partial charge in [0.25, 0.3) is 0 Å². The normalized spacial score (nSPS) is 12.4. The van der Waals surface area contributed by atoms with E-state index in [0.717, 1.165) is 6.42 Å². The molecule has 0 aromatic heterocycles. The van der Waals surface area contributed by atoms with Crippen molar-refractivity contribution in [2.24, 2.45) is 0 Å². The van der Waals surface area contributed by atoms with Gasteiger partial charge in [-0.1, -0.05) is 6.08 Å². The zero-order valence-corrected chi connectivity index (χ0v) is 7.24. The molecule has 0 heterocycles. The first-order valence-corrected chi connectivity index (χ1v) is 2.95. The highest BCUT2D eigenvalue weighted by Crippen LogP contribution is 1.96. The Kier molecular flexibility index (Phi) is 7.98. The van der Waals surface area contributed by atoms with Crippen molar-refractivity contribution in [3.63, 3.8) is 0 Å². The molecule has 0 saturated carbocycles. The number of hydrogen-bond acceptors (Lipinski definition) is 1. The van der Waals surface area contributed by atoms with Crippen molar-refractivity contribution in [3.05, 3.63) is 12.7 Å². The predicted molar refractivity (Wildman–Crippen MR) is 45.2 cm³/mol. The molecule has 0 aliphatic carbocycles. The third-order valence-corrected chi connectivity index (χ3v) is 1.39. The third kappa shape index (κ3) is 5.87. The van der Waals surface area contributed by atoms with Crippen LogP contribution >= 0.6 is 12.4 Å². The first-order chi connectivity index (χ1) is 3.68. The second-order valence-corrected chi connectivity index (χ2v) is 2.34. The minimum absolute atomic E-state index is 0. The SMILES string of the molecule is C=CCC(C)N(C)C.Cl. The molecule has 0 aliphatic heterocycles. The van der Waals surface area contributed by atoms with E-state index in [2.05, 4.69) is 32.5 Å². The average molecular weight is 150 g/mol. The molecule has 0 N–H and O–H groups in total. The molecule has 0 rings (SSSR count). The Balaban J connectivity index is 0. The molecule has 0 saturated heterocycles. The van der Waals surface area contributed by atoms with Crippen LogP contribution in [-0.2, 0) is 0 Å². The van der Waals surface area contributed by atoms with Crippen LogP contribution in [0.1, 0.15) is 13.3 Å². The van der Waals surface area contributed by atoms with Crippen molar-refractivity contribution in [2.45, 2.75) is 19.4 Å². The van der Waals surface area contributed by atoms with Crippen LogP contribution in [0.25, 0.3) is 0 Å². The Morgan fingerprint density at radius 2 is 2.00 bits per heavy atom. The molecule has 0 aromatic carbocycles.